The lowest BCUT2D eigenvalue weighted by atomic mass is 10.0. The van der Waals surface area contributed by atoms with Gasteiger partial charge in [0.25, 0.3) is 0 Å². The third-order valence-corrected chi connectivity index (χ3v) is 4.97. The van der Waals surface area contributed by atoms with Crippen LogP contribution in [0.1, 0.15) is 22.5 Å². The number of hydrogen-bond donors (Lipinski definition) is 3. The van der Waals surface area contributed by atoms with Crippen molar-refractivity contribution in [2.24, 2.45) is 0 Å². The highest BCUT2D eigenvalue weighted by molar-refractivity contribution is 6.11. The van der Waals surface area contributed by atoms with Crippen LogP contribution in [-0.4, -0.2) is 47.0 Å². The molecule has 3 heterocycles. The molecule has 1 aliphatic rings. The molecular formula is C22H23N5O2. The molecule has 1 saturated heterocycles. The molecular weight excluding hydrogens is 366 g/mol. The van der Waals surface area contributed by atoms with Crippen LogP contribution in [0.3, 0.4) is 0 Å². The number of phenols is 1. The van der Waals surface area contributed by atoms with E-state index < -0.39 is 0 Å². The van der Waals surface area contributed by atoms with Gasteiger partial charge in [-0.3, -0.25) is 4.79 Å². The van der Waals surface area contributed by atoms with Crippen molar-refractivity contribution >= 4 is 17.4 Å². The quantitative estimate of drug-likeness (QED) is 0.589. The maximum Gasteiger partial charge on any atom is 0.215 e. The number of benzene rings is 1. The maximum atomic E-state index is 13.2. The predicted molar refractivity (Wildman–Crippen MR) is 113 cm³/mol. The molecule has 1 aromatic carbocycles. The molecule has 0 saturated carbocycles. The van der Waals surface area contributed by atoms with Crippen LogP contribution in [0.15, 0.2) is 54.7 Å². The number of aromatic hydroxyl groups is 1. The van der Waals surface area contributed by atoms with Crippen LogP contribution in [0.5, 0.6) is 5.75 Å². The predicted octanol–water partition coefficient (Wildman–Crippen LogP) is 2.46. The van der Waals surface area contributed by atoms with Crippen LogP contribution in [0.4, 0.5) is 11.6 Å². The summed E-state index contributed by atoms with van der Waals surface area (Å²) in [5.41, 5.74) is 8.10. The van der Waals surface area contributed by atoms with E-state index in [2.05, 4.69) is 20.2 Å². The zero-order valence-corrected chi connectivity index (χ0v) is 16.0. The fraction of sp³-hybridized carbons (Fsp3) is 0.227. The number of nitrogens with two attached hydrogens (primary N) is 1. The second-order valence-electron chi connectivity index (χ2n) is 7.01. The number of anilines is 2. The van der Waals surface area contributed by atoms with Crippen molar-refractivity contribution in [2.45, 2.75) is 6.42 Å². The van der Waals surface area contributed by atoms with Gasteiger partial charge in [0, 0.05) is 31.4 Å². The van der Waals surface area contributed by atoms with Gasteiger partial charge >= 0.3 is 0 Å². The minimum atomic E-state index is -0.271. The Morgan fingerprint density at radius 1 is 1.07 bits per heavy atom. The highest BCUT2D eigenvalue weighted by Crippen LogP contribution is 2.26. The first-order valence-corrected chi connectivity index (χ1v) is 9.64. The lowest BCUT2D eigenvalue weighted by Gasteiger charge is -2.21. The summed E-state index contributed by atoms with van der Waals surface area (Å²) >= 11 is 0. The molecule has 1 aliphatic heterocycles. The Labute approximate surface area is 169 Å². The van der Waals surface area contributed by atoms with Crippen molar-refractivity contribution in [3.63, 3.8) is 0 Å². The van der Waals surface area contributed by atoms with E-state index in [1.54, 1.807) is 36.5 Å². The van der Waals surface area contributed by atoms with E-state index in [0.29, 0.717) is 16.8 Å². The van der Waals surface area contributed by atoms with Gasteiger partial charge in [0.1, 0.15) is 23.1 Å². The summed E-state index contributed by atoms with van der Waals surface area (Å²) in [5.74, 6) is 0.820. The van der Waals surface area contributed by atoms with Gasteiger partial charge in [0.2, 0.25) is 5.78 Å². The molecule has 7 nitrogen and oxygen atoms in total. The zero-order valence-electron chi connectivity index (χ0n) is 16.0. The van der Waals surface area contributed by atoms with Gasteiger partial charge in [0.05, 0.1) is 5.56 Å². The first-order chi connectivity index (χ1) is 14.1. The van der Waals surface area contributed by atoms with E-state index in [-0.39, 0.29) is 17.4 Å². The fourth-order valence-corrected chi connectivity index (χ4v) is 3.44. The van der Waals surface area contributed by atoms with Crippen molar-refractivity contribution < 1.29 is 9.90 Å². The summed E-state index contributed by atoms with van der Waals surface area (Å²) in [6, 6.07) is 14.0. The molecule has 0 unspecified atom stereocenters. The molecule has 3 aromatic rings. The highest BCUT2D eigenvalue weighted by atomic mass is 16.3. The third kappa shape index (κ3) is 4.20. The largest absolute Gasteiger partial charge is 0.508 e. The van der Waals surface area contributed by atoms with Crippen LogP contribution < -0.4 is 16.0 Å². The summed E-state index contributed by atoms with van der Waals surface area (Å²) < 4.78 is 0. The Hall–Kier alpha value is -3.45. The first kappa shape index (κ1) is 18.9. The molecule has 0 bridgehead atoms. The Morgan fingerprint density at radius 2 is 1.93 bits per heavy atom. The van der Waals surface area contributed by atoms with Crippen LogP contribution in [-0.2, 0) is 0 Å². The van der Waals surface area contributed by atoms with Gasteiger partial charge in [-0.25, -0.2) is 9.97 Å². The number of nitrogens with zero attached hydrogens (tertiary/aromatic N) is 3. The van der Waals surface area contributed by atoms with E-state index in [9.17, 15) is 9.90 Å². The van der Waals surface area contributed by atoms with E-state index >= 15 is 0 Å². The SMILES string of the molecule is Nc1ncc(-c2cccc(O)c2)cc1C(=O)c1cccc(N2CCCNCC2)n1. The average Bonchev–Trinajstić information content (AvgIpc) is 3.03. The second kappa shape index (κ2) is 8.28. The standard InChI is InChI=1S/C22H23N5O2/c23-22-18(13-16(14-25-22)15-4-1-5-17(28)12-15)21(29)19-6-2-7-20(26-19)27-10-3-8-24-9-11-27/h1-2,4-7,12-14,24,28H,3,8-11H2,(H2,23,25). The minimum Gasteiger partial charge on any atom is -0.508 e. The molecule has 0 radical (unpaired) electrons. The summed E-state index contributed by atoms with van der Waals surface area (Å²) in [5, 5.41) is 13.1. The monoisotopic (exact) mass is 389 g/mol. The lowest BCUT2D eigenvalue weighted by Crippen LogP contribution is -2.29. The van der Waals surface area contributed by atoms with Gasteiger partial charge < -0.3 is 21.1 Å². The summed E-state index contributed by atoms with van der Waals surface area (Å²) in [7, 11) is 0. The number of aromatic nitrogens is 2. The van der Waals surface area contributed by atoms with E-state index in [0.717, 1.165) is 44.0 Å². The highest BCUT2D eigenvalue weighted by Gasteiger charge is 2.18. The molecule has 0 aliphatic carbocycles. The van der Waals surface area contributed by atoms with Crippen LogP contribution in [0.2, 0.25) is 0 Å². The van der Waals surface area contributed by atoms with Crippen molar-refractivity contribution in [1.29, 1.82) is 0 Å². The molecule has 4 rings (SSSR count). The Morgan fingerprint density at radius 3 is 2.79 bits per heavy atom. The number of carbonyl (C=O) groups excluding carboxylic acids is 1. The van der Waals surface area contributed by atoms with Gasteiger partial charge in [-0.1, -0.05) is 18.2 Å². The van der Waals surface area contributed by atoms with E-state index in [4.69, 9.17) is 5.73 Å². The number of nitrogen functional groups attached to an aromatic ring is 1. The van der Waals surface area contributed by atoms with Crippen molar-refractivity contribution in [1.82, 2.24) is 15.3 Å². The van der Waals surface area contributed by atoms with Crippen LogP contribution in [0.25, 0.3) is 11.1 Å². The number of carbonyl (C=O) groups is 1. The van der Waals surface area contributed by atoms with E-state index in [1.165, 1.54) is 0 Å². The van der Waals surface area contributed by atoms with E-state index in [1.807, 2.05) is 18.2 Å². The molecule has 0 atom stereocenters. The summed E-state index contributed by atoms with van der Waals surface area (Å²) in [6.45, 7) is 3.62. The van der Waals surface area contributed by atoms with Crippen molar-refractivity contribution in [3.8, 4) is 16.9 Å². The van der Waals surface area contributed by atoms with Gasteiger partial charge in [-0.15, -0.1) is 0 Å². The van der Waals surface area contributed by atoms with Crippen LogP contribution in [0, 0.1) is 0 Å². The third-order valence-electron chi connectivity index (χ3n) is 4.97. The summed E-state index contributed by atoms with van der Waals surface area (Å²) in [6.07, 6.45) is 2.62. The van der Waals surface area contributed by atoms with Crippen molar-refractivity contribution in [2.75, 3.05) is 36.8 Å². The zero-order chi connectivity index (χ0) is 20.2. The molecule has 2 aromatic heterocycles. The molecule has 7 heteroatoms. The number of ketones is 1. The molecule has 4 N–H and O–H groups in total. The minimum absolute atomic E-state index is 0.147. The second-order valence-corrected chi connectivity index (χ2v) is 7.01. The average molecular weight is 389 g/mol. The first-order valence-electron chi connectivity index (χ1n) is 9.64. The van der Waals surface area contributed by atoms with Crippen LogP contribution >= 0.6 is 0 Å². The number of hydrogen-bond acceptors (Lipinski definition) is 7. The molecule has 0 amide bonds. The van der Waals surface area contributed by atoms with Crippen molar-refractivity contribution in [3.05, 3.63) is 66.0 Å². The summed E-state index contributed by atoms with van der Waals surface area (Å²) in [4.78, 5) is 24.1. The molecule has 0 spiro atoms. The van der Waals surface area contributed by atoms with Gasteiger partial charge in [-0.05, 0) is 48.9 Å². The Kier molecular flexibility index (Phi) is 5.39. The Balaban J connectivity index is 1.66. The smallest absolute Gasteiger partial charge is 0.215 e. The fourth-order valence-electron chi connectivity index (χ4n) is 3.44. The van der Waals surface area contributed by atoms with Gasteiger partial charge in [-0.2, -0.15) is 0 Å². The van der Waals surface area contributed by atoms with Gasteiger partial charge in [0.15, 0.2) is 0 Å². The Bertz CT molecular complexity index is 1030. The number of rotatable bonds is 4. The molecule has 29 heavy (non-hydrogen) atoms. The lowest BCUT2D eigenvalue weighted by molar-refractivity contribution is 0.103. The number of phenolic OH excluding ortho intramolecular Hbond substituents is 1. The molecule has 148 valence electrons. The normalized spacial score (nSPS) is 14.4. The molecule has 1 fully saturated rings. The topological polar surface area (TPSA) is 104 Å². The number of nitrogens with one attached hydrogen (secondary N) is 1. The number of pyridine rings is 2. The maximum absolute atomic E-state index is 13.2.